The number of nitrogens with zero attached hydrogens (tertiary/aromatic N) is 2. The number of carbonyl (C=O) groups excluding carboxylic acids is 1. The average Bonchev–Trinajstić information content (AvgIpc) is 3.71. The van der Waals surface area contributed by atoms with Crippen LogP contribution in [0.3, 0.4) is 0 Å². The lowest BCUT2D eigenvalue weighted by Gasteiger charge is -2.45. The van der Waals surface area contributed by atoms with Gasteiger partial charge in [-0.15, -0.1) is 0 Å². The maximum atomic E-state index is 13.4. The lowest BCUT2D eigenvalue weighted by atomic mass is 9.80. The Morgan fingerprint density at radius 2 is 1.69 bits per heavy atom. The van der Waals surface area contributed by atoms with E-state index in [1.54, 1.807) is 24.9 Å². The first-order chi connectivity index (χ1) is 18.3. The summed E-state index contributed by atoms with van der Waals surface area (Å²) in [6, 6.07) is 21.2. The Morgan fingerprint density at radius 1 is 1.03 bits per heavy atom. The number of pyridine rings is 1. The SMILES string of the molecule is C[C@@H](c1ccc(-c2ccnc(C3(S(C)(=O)=O)CC3)c2)cc1)N1CC[C@](CC(C)(C)O)(c2ccccc2)OC1=O. The topological polar surface area (TPSA) is 96.8 Å². The number of amides is 1. The van der Waals surface area contributed by atoms with E-state index in [-0.39, 0.29) is 6.04 Å². The second-order valence-corrected chi connectivity index (χ2v) is 14.0. The van der Waals surface area contributed by atoms with Crippen LogP contribution >= 0.6 is 0 Å². The van der Waals surface area contributed by atoms with Crippen molar-refractivity contribution in [2.75, 3.05) is 12.8 Å². The van der Waals surface area contributed by atoms with Crippen LogP contribution in [-0.2, 0) is 24.9 Å². The second-order valence-electron chi connectivity index (χ2n) is 11.7. The van der Waals surface area contributed by atoms with E-state index in [1.807, 2.05) is 73.7 Å². The van der Waals surface area contributed by atoms with Gasteiger partial charge >= 0.3 is 6.09 Å². The predicted octanol–water partition coefficient (Wildman–Crippen LogP) is 5.74. The molecule has 1 aliphatic carbocycles. The van der Waals surface area contributed by atoms with Crippen molar-refractivity contribution in [1.82, 2.24) is 9.88 Å². The van der Waals surface area contributed by atoms with Crippen molar-refractivity contribution in [3.63, 3.8) is 0 Å². The number of ether oxygens (including phenoxy) is 1. The lowest BCUT2D eigenvalue weighted by Crippen LogP contribution is -2.51. The van der Waals surface area contributed by atoms with Crippen molar-refractivity contribution < 1.29 is 23.1 Å². The Morgan fingerprint density at radius 3 is 2.26 bits per heavy atom. The number of rotatable bonds is 8. The van der Waals surface area contributed by atoms with Gasteiger partial charge in [0, 0.05) is 31.8 Å². The molecule has 39 heavy (non-hydrogen) atoms. The minimum Gasteiger partial charge on any atom is -0.438 e. The first-order valence-electron chi connectivity index (χ1n) is 13.4. The van der Waals surface area contributed by atoms with E-state index in [1.165, 1.54) is 6.26 Å². The maximum absolute atomic E-state index is 13.4. The molecule has 0 radical (unpaired) electrons. The summed E-state index contributed by atoms with van der Waals surface area (Å²) in [6.07, 6.45) is 4.63. The Labute approximate surface area is 230 Å². The van der Waals surface area contributed by atoms with Crippen molar-refractivity contribution in [2.24, 2.45) is 0 Å². The third kappa shape index (κ3) is 5.32. The molecule has 3 aromatic rings. The van der Waals surface area contributed by atoms with Crippen molar-refractivity contribution >= 4 is 15.9 Å². The second kappa shape index (κ2) is 9.75. The molecule has 1 amide bonds. The fourth-order valence-electron chi connectivity index (χ4n) is 5.82. The molecule has 5 rings (SSSR count). The van der Waals surface area contributed by atoms with E-state index < -0.39 is 31.9 Å². The summed E-state index contributed by atoms with van der Waals surface area (Å²) in [5.74, 6) is 0. The summed E-state index contributed by atoms with van der Waals surface area (Å²) in [4.78, 5) is 19.5. The van der Waals surface area contributed by atoms with Gasteiger partial charge in [-0.3, -0.25) is 4.98 Å². The van der Waals surface area contributed by atoms with Gasteiger partial charge in [-0.25, -0.2) is 13.2 Å². The Kier molecular flexibility index (Phi) is 6.84. The van der Waals surface area contributed by atoms with E-state index in [2.05, 4.69) is 4.98 Å². The fourth-order valence-corrected chi connectivity index (χ4v) is 7.15. The van der Waals surface area contributed by atoms with Crippen LogP contribution in [0.1, 0.15) is 69.3 Å². The zero-order chi connectivity index (χ0) is 28.1. The van der Waals surface area contributed by atoms with Crippen molar-refractivity contribution in [1.29, 1.82) is 0 Å². The van der Waals surface area contributed by atoms with Gasteiger partial charge in [0.25, 0.3) is 0 Å². The third-order valence-corrected chi connectivity index (χ3v) is 10.2. The van der Waals surface area contributed by atoms with Gasteiger partial charge in [0.15, 0.2) is 9.84 Å². The Balaban J connectivity index is 1.34. The first-order valence-corrected chi connectivity index (χ1v) is 15.3. The monoisotopic (exact) mass is 548 g/mol. The van der Waals surface area contributed by atoms with Crippen LogP contribution < -0.4 is 0 Å². The highest BCUT2D eigenvalue weighted by molar-refractivity contribution is 7.91. The number of benzene rings is 2. The number of hydrogen-bond donors (Lipinski definition) is 1. The molecular weight excluding hydrogens is 512 g/mol. The standard InChI is InChI=1S/C31H36N2O5S/c1-22(33-19-17-30(38-28(33)34,21-29(2,3)35)26-8-6-5-7-9-26)23-10-12-24(13-11-23)25-14-18-32-27(20-25)31(15-16-31)39(4,36)37/h5-14,18,20,22,35H,15-17,19,21H2,1-4H3/t22-,30-/m0/s1. The lowest BCUT2D eigenvalue weighted by molar-refractivity contribution is -0.101. The molecule has 0 bridgehead atoms. The van der Waals surface area contributed by atoms with Crippen LogP contribution in [0.25, 0.3) is 11.1 Å². The van der Waals surface area contributed by atoms with E-state index in [4.69, 9.17) is 4.74 Å². The minimum absolute atomic E-state index is 0.213. The van der Waals surface area contributed by atoms with E-state index >= 15 is 0 Å². The largest absolute Gasteiger partial charge is 0.438 e. The summed E-state index contributed by atoms with van der Waals surface area (Å²) in [5.41, 5.74) is 2.42. The molecule has 1 saturated heterocycles. The van der Waals surface area contributed by atoms with Crippen LogP contribution in [0.2, 0.25) is 0 Å². The zero-order valence-electron chi connectivity index (χ0n) is 22.9. The summed E-state index contributed by atoms with van der Waals surface area (Å²) < 4.78 is 30.0. The summed E-state index contributed by atoms with van der Waals surface area (Å²) >= 11 is 0. The molecule has 1 saturated carbocycles. The number of sulfone groups is 1. The highest BCUT2D eigenvalue weighted by Gasteiger charge is 2.54. The molecule has 0 spiro atoms. The highest BCUT2D eigenvalue weighted by atomic mass is 32.2. The van der Waals surface area contributed by atoms with E-state index in [0.29, 0.717) is 37.9 Å². The van der Waals surface area contributed by atoms with Crippen LogP contribution in [0.15, 0.2) is 72.9 Å². The van der Waals surface area contributed by atoms with Crippen LogP contribution in [0.4, 0.5) is 4.79 Å². The van der Waals surface area contributed by atoms with Crippen molar-refractivity contribution in [3.8, 4) is 11.1 Å². The number of aliphatic hydroxyl groups is 1. The molecule has 2 atom stereocenters. The summed E-state index contributed by atoms with van der Waals surface area (Å²) in [7, 11) is -3.24. The van der Waals surface area contributed by atoms with Gasteiger partial charge in [0.1, 0.15) is 10.3 Å². The van der Waals surface area contributed by atoms with Gasteiger partial charge in [0.05, 0.1) is 17.3 Å². The first kappa shape index (κ1) is 27.3. The fraction of sp³-hybridized carbons (Fsp3) is 0.419. The molecule has 206 valence electrons. The molecular formula is C31H36N2O5S. The third-order valence-electron chi connectivity index (χ3n) is 8.13. The van der Waals surface area contributed by atoms with Gasteiger partial charge < -0.3 is 14.7 Å². The average molecular weight is 549 g/mol. The molecule has 2 heterocycles. The van der Waals surface area contributed by atoms with Crippen LogP contribution in [0, 0.1) is 0 Å². The number of carbonyl (C=O) groups is 1. The maximum Gasteiger partial charge on any atom is 0.411 e. The molecule has 1 aromatic heterocycles. The van der Waals surface area contributed by atoms with Crippen LogP contribution in [0.5, 0.6) is 0 Å². The zero-order valence-corrected chi connectivity index (χ0v) is 23.7. The molecule has 2 aliphatic rings. The number of hydrogen-bond acceptors (Lipinski definition) is 6. The molecule has 1 aliphatic heterocycles. The number of aromatic nitrogens is 1. The highest BCUT2D eigenvalue weighted by Crippen LogP contribution is 2.52. The molecule has 0 unspecified atom stereocenters. The number of cyclic esters (lactones) is 1. The summed E-state index contributed by atoms with van der Waals surface area (Å²) in [5, 5.41) is 10.6. The smallest absolute Gasteiger partial charge is 0.411 e. The summed E-state index contributed by atoms with van der Waals surface area (Å²) in [6.45, 7) is 5.95. The van der Waals surface area contributed by atoms with Crippen LogP contribution in [-0.4, -0.2) is 47.9 Å². The normalized spacial score (nSPS) is 21.8. The van der Waals surface area contributed by atoms with Crippen molar-refractivity contribution in [3.05, 3.63) is 89.7 Å². The molecule has 8 heteroatoms. The van der Waals surface area contributed by atoms with Crippen molar-refractivity contribution in [2.45, 2.75) is 68.4 Å². The molecule has 1 N–H and O–H groups in total. The van der Waals surface area contributed by atoms with Gasteiger partial charge in [-0.05, 0) is 68.0 Å². The van der Waals surface area contributed by atoms with Gasteiger partial charge in [-0.2, -0.15) is 0 Å². The Bertz CT molecular complexity index is 1460. The Hall–Kier alpha value is -3.23. The molecule has 7 nitrogen and oxygen atoms in total. The van der Waals surface area contributed by atoms with E-state index in [0.717, 1.165) is 22.3 Å². The van der Waals surface area contributed by atoms with E-state index in [9.17, 15) is 18.3 Å². The minimum atomic E-state index is -3.24. The van der Waals surface area contributed by atoms with Gasteiger partial charge in [-0.1, -0.05) is 54.6 Å². The quantitative estimate of drug-likeness (QED) is 0.386. The van der Waals surface area contributed by atoms with Gasteiger partial charge in [0.2, 0.25) is 0 Å². The predicted molar refractivity (Wildman–Crippen MR) is 151 cm³/mol. The molecule has 2 fully saturated rings. The molecule has 2 aromatic carbocycles.